The standard InChI is InChI=1S/C11H22N2O4S/c1-11(12-2,10(14)15)4-6-13-5-3-8-18(16,17)9-7-13/h12H,3-9H2,1-2H3,(H,14,15). The number of nitrogens with zero attached hydrogens (tertiary/aromatic N) is 1. The first-order valence-electron chi connectivity index (χ1n) is 6.14. The van der Waals surface area contributed by atoms with Crippen molar-refractivity contribution < 1.29 is 18.3 Å². The summed E-state index contributed by atoms with van der Waals surface area (Å²) in [5.74, 6) is -0.463. The van der Waals surface area contributed by atoms with Crippen molar-refractivity contribution in [3.05, 3.63) is 0 Å². The zero-order chi connectivity index (χ0) is 13.8. The molecule has 2 N–H and O–H groups in total. The van der Waals surface area contributed by atoms with Gasteiger partial charge in [-0.1, -0.05) is 0 Å². The van der Waals surface area contributed by atoms with Crippen molar-refractivity contribution in [2.75, 3.05) is 38.2 Å². The summed E-state index contributed by atoms with van der Waals surface area (Å²) in [6.45, 7) is 3.46. The van der Waals surface area contributed by atoms with Gasteiger partial charge in [-0.25, -0.2) is 8.42 Å². The maximum Gasteiger partial charge on any atom is 0.323 e. The van der Waals surface area contributed by atoms with Crippen LogP contribution in [-0.2, 0) is 14.6 Å². The Morgan fingerprint density at radius 1 is 1.39 bits per heavy atom. The molecule has 6 nitrogen and oxygen atoms in total. The molecular weight excluding hydrogens is 256 g/mol. The Bertz CT molecular complexity index is 396. The van der Waals surface area contributed by atoms with E-state index in [1.807, 2.05) is 4.90 Å². The van der Waals surface area contributed by atoms with Crippen LogP contribution in [0.25, 0.3) is 0 Å². The molecule has 1 aliphatic rings. The molecule has 0 spiro atoms. The van der Waals surface area contributed by atoms with Gasteiger partial charge < -0.3 is 15.3 Å². The van der Waals surface area contributed by atoms with Gasteiger partial charge in [-0.15, -0.1) is 0 Å². The van der Waals surface area contributed by atoms with Gasteiger partial charge in [-0.3, -0.25) is 4.79 Å². The van der Waals surface area contributed by atoms with Gasteiger partial charge in [0.1, 0.15) is 5.54 Å². The second-order valence-corrected chi connectivity index (χ2v) is 7.29. The molecule has 0 aromatic rings. The Morgan fingerprint density at radius 2 is 2.06 bits per heavy atom. The van der Waals surface area contributed by atoms with Crippen molar-refractivity contribution in [1.29, 1.82) is 0 Å². The third-order valence-electron chi connectivity index (χ3n) is 3.60. The summed E-state index contributed by atoms with van der Waals surface area (Å²) in [4.78, 5) is 13.1. The van der Waals surface area contributed by atoms with E-state index in [1.165, 1.54) is 0 Å². The number of hydrogen-bond donors (Lipinski definition) is 2. The number of hydrogen-bond acceptors (Lipinski definition) is 5. The molecule has 1 fully saturated rings. The molecule has 0 amide bonds. The lowest BCUT2D eigenvalue weighted by molar-refractivity contribution is -0.144. The fraction of sp³-hybridized carbons (Fsp3) is 0.909. The van der Waals surface area contributed by atoms with E-state index < -0.39 is 21.3 Å². The molecule has 0 saturated carbocycles. The van der Waals surface area contributed by atoms with Crippen LogP contribution in [0.1, 0.15) is 19.8 Å². The highest BCUT2D eigenvalue weighted by Crippen LogP contribution is 2.12. The number of carboxylic acid groups (broad SMARTS) is 1. The topological polar surface area (TPSA) is 86.7 Å². The molecule has 1 unspecified atom stereocenters. The van der Waals surface area contributed by atoms with Crippen LogP contribution >= 0.6 is 0 Å². The highest BCUT2D eigenvalue weighted by atomic mass is 32.2. The van der Waals surface area contributed by atoms with Crippen LogP contribution in [0.3, 0.4) is 0 Å². The van der Waals surface area contributed by atoms with E-state index in [1.54, 1.807) is 14.0 Å². The van der Waals surface area contributed by atoms with Gasteiger partial charge in [0.15, 0.2) is 9.84 Å². The third-order valence-corrected chi connectivity index (χ3v) is 5.32. The maximum absolute atomic E-state index is 11.4. The smallest absolute Gasteiger partial charge is 0.323 e. The van der Waals surface area contributed by atoms with Crippen LogP contribution in [0, 0.1) is 0 Å². The number of carboxylic acids is 1. The van der Waals surface area contributed by atoms with Gasteiger partial charge in [-0.2, -0.15) is 0 Å². The maximum atomic E-state index is 11.4. The minimum absolute atomic E-state index is 0.177. The first-order chi connectivity index (χ1) is 8.29. The van der Waals surface area contributed by atoms with E-state index >= 15 is 0 Å². The third kappa shape index (κ3) is 4.22. The van der Waals surface area contributed by atoms with E-state index in [4.69, 9.17) is 5.11 Å². The lowest BCUT2D eigenvalue weighted by Crippen LogP contribution is -2.49. The van der Waals surface area contributed by atoms with Gasteiger partial charge in [0, 0.05) is 13.1 Å². The summed E-state index contributed by atoms with van der Waals surface area (Å²) in [5, 5.41) is 11.9. The number of carbonyl (C=O) groups is 1. The molecular formula is C11H22N2O4S. The number of rotatable bonds is 5. The largest absolute Gasteiger partial charge is 0.480 e. The summed E-state index contributed by atoms with van der Waals surface area (Å²) in [6.07, 6.45) is 1.09. The van der Waals surface area contributed by atoms with Crippen molar-refractivity contribution in [2.24, 2.45) is 0 Å². The Morgan fingerprint density at radius 3 is 2.61 bits per heavy atom. The molecule has 1 saturated heterocycles. The van der Waals surface area contributed by atoms with Crippen molar-refractivity contribution in [3.63, 3.8) is 0 Å². The highest BCUT2D eigenvalue weighted by molar-refractivity contribution is 7.91. The Balaban J connectivity index is 2.51. The van der Waals surface area contributed by atoms with E-state index in [-0.39, 0.29) is 11.5 Å². The molecule has 1 aliphatic heterocycles. The van der Waals surface area contributed by atoms with Crippen molar-refractivity contribution in [1.82, 2.24) is 10.2 Å². The molecule has 0 radical (unpaired) electrons. The zero-order valence-corrected chi connectivity index (χ0v) is 11.8. The minimum Gasteiger partial charge on any atom is -0.480 e. The Hall–Kier alpha value is -0.660. The quantitative estimate of drug-likeness (QED) is 0.709. The van der Waals surface area contributed by atoms with Crippen molar-refractivity contribution >= 4 is 15.8 Å². The number of likely N-dealkylation sites (N-methyl/N-ethyl adjacent to an activating group) is 1. The summed E-state index contributed by atoms with van der Waals surface area (Å²) in [7, 11) is -1.28. The molecule has 106 valence electrons. The average Bonchev–Trinajstić information content (AvgIpc) is 2.47. The second-order valence-electron chi connectivity index (χ2n) is 4.98. The molecule has 7 heteroatoms. The van der Waals surface area contributed by atoms with Gasteiger partial charge in [0.05, 0.1) is 11.5 Å². The summed E-state index contributed by atoms with van der Waals surface area (Å²) in [6, 6.07) is 0. The molecule has 0 aromatic carbocycles. The van der Waals surface area contributed by atoms with Gasteiger partial charge in [-0.05, 0) is 33.4 Å². The number of sulfone groups is 1. The van der Waals surface area contributed by atoms with Crippen LogP contribution in [-0.4, -0.2) is 68.1 Å². The number of aliphatic carboxylic acids is 1. The fourth-order valence-corrected chi connectivity index (χ4v) is 3.24. The van der Waals surface area contributed by atoms with E-state index in [0.29, 0.717) is 25.9 Å². The average molecular weight is 278 g/mol. The van der Waals surface area contributed by atoms with Crippen molar-refractivity contribution in [2.45, 2.75) is 25.3 Å². The predicted molar refractivity (Wildman–Crippen MR) is 69.4 cm³/mol. The summed E-state index contributed by atoms with van der Waals surface area (Å²) >= 11 is 0. The highest BCUT2D eigenvalue weighted by Gasteiger charge is 2.31. The molecule has 18 heavy (non-hydrogen) atoms. The molecule has 0 aromatic heterocycles. The van der Waals surface area contributed by atoms with E-state index in [2.05, 4.69) is 5.32 Å². The summed E-state index contributed by atoms with van der Waals surface area (Å²) in [5.41, 5.74) is -0.953. The van der Waals surface area contributed by atoms with Crippen molar-refractivity contribution in [3.8, 4) is 0 Å². The molecule has 0 aliphatic carbocycles. The number of nitrogens with one attached hydrogen (secondary N) is 1. The van der Waals surface area contributed by atoms with E-state index in [9.17, 15) is 13.2 Å². The van der Waals surface area contributed by atoms with Crippen LogP contribution < -0.4 is 5.32 Å². The first kappa shape index (κ1) is 15.4. The van der Waals surface area contributed by atoms with Crippen LogP contribution in [0.15, 0.2) is 0 Å². The Kier molecular flexibility index (Phi) is 5.12. The minimum atomic E-state index is -2.90. The van der Waals surface area contributed by atoms with E-state index in [0.717, 1.165) is 6.54 Å². The van der Waals surface area contributed by atoms with Gasteiger partial charge in [0.25, 0.3) is 0 Å². The molecule has 0 bridgehead atoms. The molecule has 1 rings (SSSR count). The first-order valence-corrected chi connectivity index (χ1v) is 7.96. The monoisotopic (exact) mass is 278 g/mol. The van der Waals surface area contributed by atoms with Crippen LogP contribution in [0.2, 0.25) is 0 Å². The normalized spacial score (nSPS) is 24.1. The van der Waals surface area contributed by atoms with Gasteiger partial charge in [0.2, 0.25) is 0 Å². The summed E-state index contributed by atoms with van der Waals surface area (Å²) < 4.78 is 22.9. The SMILES string of the molecule is CNC(C)(CCN1CCCS(=O)(=O)CC1)C(=O)O. The predicted octanol–water partition coefficient (Wildman–Crippen LogP) is -0.440. The van der Waals surface area contributed by atoms with Crippen LogP contribution in [0.5, 0.6) is 0 Å². The lowest BCUT2D eigenvalue weighted by atomic mass is 9.98. The molecule has 1 heterocycles. The second kappa shape index (κ2) is 5.99. The fourth-order valence-electron chi connectivity index (χ4n) is 1.93. The van der Waals surface area contributed by atoms with Gasteiger partial charge >= 0.3 is 5.97 Å². The molecule has 1 atom stereocenters. The zero-order valence-electron chi connectivity index (χ0n) is 11.0. The Labute approximate surface area is 108 Å². The lowest BCUT2D eigenvalue weighted by Gasteiger charge is -2.28. The van der Waals surface area contributed by atoms with Crippen LogP contribution in [0.4, 0.5) is 0 Å².